The number of aryl methyl sites for hydroxylation is 1. The Morgan fingerprint density at radius 2 is 2.21 bits per heavy atom. The molecule has 2 aromatic rings. The number of nitrogens with one attached hydrogen (secondary N) is 1. The lowest BCUT2D eigenvalue weighted by molar-refractivity contribution is 0.0691. The summed E-state index contributed by atoms with van der Waals surface area (Å²) in [6.07, 6.45) is 0. The molecule has 0 bridgehead atoms. The van der Waals surface area contributed by atoms with Gasteiger partial charge < -0.3 is 10.4 Å². The highest BCUT2D eigenvalue weighted by atomic mass is 32.1. The molecule has 1 aromatic heterocycles. The van der Waals surface area contributed by atoms with Crippen molar-refractivity contribution in [3.05, 3.63) is 51.5 Å². The van der Waals surface area contributed by atoms with E-state index in [9.17, 15) is 9.59 Å². The number of carbonyl (C=O) groups excluding carboxylic acids is 1. The summed E-state index contributed by atoms with van der Waals surface area (Å²) in [5.74, 6) is -1.49. The van der Waals surface area contributed by atoms with Crippen LogP contribution in [0.5, 0.6) is 0 Å². The van der Waals surface area contributed by atoms with E-state index in [0.29, 0.717) is 6.54 Å². The zero-order valence-electron chi connectivity index (χ0n) is 10.2. The number of carboxylic acids is 1. The van der Waals surface area contributed by atoms with Crippen LogP contribution >= 0.6 is 11.3 Å². The van der Waals surface area contributed by atoms with Gasteiger partial charge >= 0.3 is 5.97 Å². The Balaban J connectivity index is 1.99. The van der Waals surface area contributed by atoms with E-state index in [1.165, 1.54) is 5.38 Å². The van der Waals surface area contributed by atoms with Gasteiger partial charge in [0.25, 0.3) is 5.91 Å². The van der Waals surface area contributed by atoms with Crippen LogP contribution in [0.15, 0.2) is 29.6 Å². The predicted octanol–water partition coefficient (Wildman–Crippen LogP) is 2.08. The third kappa shape index (κ3) is 3.38. The van der Waals surface area contributed by atoms with Crippen molar-refractivity contribution in [3.8, 4) is 0 Å². The molecule has 0 saturated carbocycles. The highest BCUT2D eigenvalue weighted by Gasteiger charge is 2.14. The molecule has 0 aliphatic rings. The van der Waals surface area contributed by atoms with Gasteiger partial charge in [-0.05, 0) is 12.5 Å². The van der Waals surface area contributed by atoms with Crippen LogP contribution in [0.3, 0.4) is 0 Å². The molecule has 0 aliphatic carbocycles. The zero-order chi connectivity index (χ0) is 13.8. The van der Waals surface area contributed by atoms with Crippen molar-refractivity contribution in [2.75, 3.05) is 0 Å². The first kappa shape index (κ1) is 13.2. The van der Waals surface area contributed by atoms with E-state index in [4.69, 9.17) is 5.11 Å². The first-order chi connectivity index (χ1) is 9.06. The van der Waals surface area contributed by atoms with E-state index in [1.54, 1.807) is 0 Å². The molecular weight excluding hydrogens is 264 g/mol. The Kier molecular flexibility index (Phi) is 3.91. The summed E-state index contributed by atoms with van der Waals surface area (Å²) in [5, 5.41) is 13.0. The van der Waals surface area contributed by atoms with Crippen LogP contribution in [0.25, 0.3) is 0 Å². The minimum absolute atomic E-state index is 0.106. The van der Waals surface area contributed by atoms with Gasteiger partial charge in [-0.3, -0.25) is 4.79 Å². The fraction of sp³-hybridized carbons (Fsp3) is 0.154. The lowest BCUT2D eigenvalue weighted by Crippen LogP contribution is -2.22. The van der Waals surface area contributed by atoms with Crippen molar-refractivity contribution in [1.29, 1.82) is 0 Å². The van der Waals surface area contributed by atoms with Crippen molar-refractivity contribution in [2.24, 2.45) is 0 Å². The maximum Gasteiger partial charge on any atom is 0.355 e. The number of hydrogen-bond donors (Lipinski definition) is 2. The van der Waals surface area contributed by atoms with E-state index in [-0.39, 0.29) is 16.6 Å². The summed E-state index contributed by atoms with van der Waals surface area (Å²) >= 11 is 1.02. The lowest BCUT2D eigenvalue weighted by atomic mass is 10.1. The Hall–Kier alpha value is -2.21. The molecule has 0 atom stereocenters. The first-order valence-electron chi connectivity index (χ1n) is 5.59. The van der Waals surface area contributed by atoms with Crippen LogP contribution in [0.2, 0.25) is 0 Å². The second-order valence-corrected chi connectivity index (χ2v) is 4.87. The highest BCUT2D eigenvalue weighted by molar-refractivity contribution is 7.11. The molecule has 5 nitrogen and oxygen atoms in total. The Bertz CT molecular complexity index is 622. The van der Waals surface area contributed by atoms with Crippen LogP contribution in [-0.4, -0.2) is 22.0 Å². The lowest BCUT2D eigenvalue weighted by Gasteiger charge is -2.04. The summed E-state index contributed by atoms with van der Waals surface area (Å²) in [7, 11) is 0. The molecule has 19 heavy (non-hydrogen) atoms. The SMILES string of the molecule is Cc1cccc(CNC(=O)c2nc(C(=O)O)cs2)c1. The molecule has 0 fully saturated rings. The van der Waals surface area contributed by atoms with Crippen LogP contribution < -0.4 is 5.32 Å². The van der Waals surface area contributed by atoms with Crippen LogP contribution in [-0.2, 0) is 6.54 Å². The van der Waals surface area contributed by atoms with Gasteiger partial charge in [-0.25, -0.2) is 9.78 Å². The first-order valence-corrected chi connectivity index (χ1v) is 6.47. The van der Waals surface area contributed by atoms with E-state index < -0.39 is 5.97 Å². The number of thiazole rings is 1. The monoisotopic (exact) mass is 276 g/mol. The number of aromatic nitrogens is 1. The largest absolute Gasteiger partial charge is 0.476 e. The minimum atomic E-state index is -1.13. The molecule has 2 rings (SSSR count). The molecule has 2 N–H and O–H groups in total. The topological polar surface area (TPSA) is 79.3 Å². The summed E-state index contributed by atoms with van der Waals surface area (Å²) in [6.45, 7) is 2.37. The molecule has 98 valence electrons. The summed E-state index contributed by atoms with van der Waals surface area (Å²) in [4.78, 5) is 26.2. The number of amides is 1. The van der Waals surface area contributed by atoms with Crippen molar-refractivity contribution in [2.45, 2.75) is 13.5 Å². The van der Waals surface area contributed by atoms with Crippen molar-refractivity contribution in [3.63, 3.8) is 0 Å². The Labute approximate surface area is 113 Å². The Morgan fingerprint density at radius 1 is 1.42 bits per heavy atom. The molecule has 0 unspecified atom stereocenters. The van der Waals surface area contributed by atoms with E-state index in [1.807, 2.05) is 31.2 Å². The second-order valence-electron chi connectivity index (χ2n) is 4.01. The quantitative estimate of drug-likeness (QED) is 0.896. The highest BCUT2D eigenvalue weighted by Crippen LogP contribution is 2.10. The number of nitrogens with zero attached hydrogens (tertiary/aromatic N) is 1. The molecule has 0 spiro atoms. The number of aromatic carboxylic acids is 1. The van der Waals surface area contributed by atoms with Crippen LogP contribution in [0.1, 0.15) is 31.4 Å². The fourth-order valence-electron chi connectivity index (χ4n) is 1.56. The molecule has 1 aromatic carbocycles. The fourth-order valence-corrected chi connectivity index (χ4v) is 2.26. The maximum absolute atomic E-state index is 11.8. The van der Waals surface area contributed by atoms with E-state index >= 15 is 0 Å². The third-order valence-corrected chi connectivity index (χ3v) is 3.29. The molecule has 6 heteroatoms. The molecule has 1 heterocycles. The van der Waals surface area contributed by atoms with Gasteiger partial charge in [0.2, 0.25) is 0 Å². The summed E-state index contributed by atoms with van der Waals surface area (Å²) < 4.78 is 0. The second kappa shape index (κ2) is 5.62. The normalized spacial score (nSPS) is 10.2. The van der Waals surface area contributed by atoms with E-state index in [0.717, 1.165) is 22.5 Å². The molecule has 1 amide bonds. The van der Waals surface area contributed by atoms with E-state index in [2.05, 4.69) is 10.3 Å². The van der Waals surface area contributed by atoms with Crippen molar-refractivity contribution >= 4 is 23.2 Å². The maximum atomic E-state index is 11.8. The predicted molar refractivity (Wildman–Crippen MR) is 71.4 cm³/mol. The minimum Gasteiger partial charge on any atom is -0.476 e. The average molecular weight is 276 g/mol. The van der Waals surface area contributed by atoms with Gasteiger partial charge in [0.15, 0.2) is 10.7 Å². The average Bonchev–Trinajstić information content (AvgIpc) is 2.86. The number of carbonyl (C=O) groups is 2. The number of rotatable bonds is 4. The zero-order valence-corrected chi connectivity index (χ0v) is 11.0. The van der Waals surface area contributed by atoms with Gasteiger partial charge in [-0.15, -0.1) is 11.3 Å². The van der Waals surface area contributed by atoms with Gasteiger partial charge in [-0.2, -0.15) is 0 Å². The third-order valence-electron chi connectivity index (χ3n) is 2.45. The van der Waals surface area contributed by atoms with Gasteiger partial charge in [0.05, 0.1) is 0 Å². The van der Waals surface area contributed by atoms with Gasteiger partial charge in [0.1, 0.15) is 0 Å². The molecule has 0 aliphatic heterocycles. The molecule has 0 saturated heterocycles. The molecular formula is C13H12N2O3S. The summed E-state index contributed by atoms with van der Waals surface area (Å²) in [5.41, 5.74) is 2.00. The standard InChI is InChI=1S/C13H12N2O3S/c1-8-3-2-4-9(5-8)6-14-11(16)12-15-10(7-19-12)13(17)18/h2-5,7H,6H2,1H3,(H,14,16)(H,17,18). The Morgan fingerprint density at radius 3 is 2.84 bits per heavy atom. The number of hydrogen-bond acceptors (Lipinski definition) is 4. The van der Waals surface area contributed by atoms with Crippen molar-refractivity contribution in [1.82, 2.24) is 10.3 Å². The van der Waals surface area contributed by atoms with Crippen molar-refractivity contribution < 1.29 is 14.7 Å². The number of carboxylic acid groups (broad SMARTS) is 1. The molecule has 0 radical (unpaired) electrons. The van der Waals surface area contributed by atoms with Gasteiger partial charge in [-0.1, -0.05) is 29.8 Å². The summed E-state index contributed by atoms with van der Waals surface area (Å²) in [6, 6.07) is 7.79. The van der Waals surface area contributed by atoms with Crippen LogP contribution in [0.4, 0.5) is 0 Å². The van der Waals surface area contributed by atoms with Crippen LogP contribution in [0, 0.1) is 6.92 Å². The van der Waals surface area contributed by atoms with Gasteiger partial charge in [0, 0.05) is 11.9 Å². The smallest absolute Gasteiger partial charge is 0.355 e. The number of benzene rings is 1.